The lowest BCUT2D eigenvalue weighted by atomic mass is 10.1. The molecule has 1 aromatic carbocycles. The van der Waals surface area contributed by atoms with Gasteiger partial charge in [0.15, 0.2) is 0 Å². The van der Waals surface area contributed by atoms with Gasteiger partial charge >= 0.3 is 0 Å². The summed E-state index contributed by atoms with van der Waals surface area (Å²) in [5, 5.41) is 7.16. The summed E-state index contributed by atoms with van der Waals surface area (Å²) < 4.78 is 1.95. The van der Waals surface area contributed by atoms with Crippen LogP contribution in [0.25, 0.3) is 0 Å². The summed E-state index contributed by atoms with van der Waals surface area (Å²) in [5.41, 5.74) is 4.22. The lowest BCUT2D eigenvalue weighted by Gasteiger charge is -2.08. The molecule has 0 saturated carbocycles. The van der Waals surface area contributed by atoms with Gasteiger partial charge in [-0.3, -0.25) is 9.48 Å². The van der Waals surface area contributed by atoms with Crippen LogP contribution in [0.5, 0.6) is 0 Å². The largest absolute Gasteiger partial charge is 0.352 e. The number of hydrogen-bond donors (Lipinski definition) is 1. The van der Waals surface area contributed by atoms with Crippen LogP contribution in [-0.4, -0.2) is 22.2 Å². The first-order chi connectivity index (χ1) is 9.58. The molecule has 0 radical (unpaired) electrons. The molecule has 1 N–H and O–H groups in total. The molecule has 0 bridgehead atoms. The summed E-state index contributed by atoms with van der Waals surface area (Å²) in [6, 6.07) is 7.77. The third-order valence-electron chi connectivity index (χ3n) is 3.53. The van der Waals surface area contributed by atoms with Gasteiger partial charge < -0.3 is 5.32 Å². The van der Waals surface area contributed by atoms with Crippen molar-refractivity contribution in [1.29, 1.82) is 0 Å². The predicted molar refractivity (Wildman–Crippen MR) is 79.8 cm³/mol. The van der Waals surface area contributed by atoms with Crippen LogP contribution in [-0.2, 0) is 6.54 Å². The molecular weight excluding hydrogens is 250 g/mol. The molecule has 4 heteroatoms. The summed E-state index contributed by atoms with van der Waals surface area (Å²) >= 11 is 0. The number of carbonyl (C=O) groups is 1. The first-order valence-electron chi connectivity index (χ1n) is 6.92. The van der Waals surface area contributed by atoms with E-state index in [1.165, 1.54) is 5.56 Å². The minimum absolute atomic E-state index is 0.00899. The molecule has 1 heterocycles. The predicted octanol–water partition coefficient (Wildman–Crippen LogP) is 2.63. The Labute approximate surface area is 119 Å². The van der Waals surface area contributed by atoms with E-state index in [1.807, 2.05) is 49.7 Å². The van der Waals surface area contributed by atoms with E-state index >= 15 is 0 Å². The van der Waals surface area contributed by atoms with E-state index in [4.69, 9.17) is 0 Å². The number of aryl methyl sites for hydroxylation is 4. The maximum atomic E-state index is 12.0. The lowest BCUT2D eigenvalue weighted by Crippen LogP contribution is -2.25. The van der Waals surface area contributed by atoms with Crippen molar-refractivity contribution in [2.24, 2.45) is 0 Å². The quantitative estimate of drug-likeness (QED) is 0.850. The third-order valence-corrected chi connectivity index (χ3v) is 3.53. The summed E-state index contributed by atoms with van der Waals surface area (Å²) in [6.45, 7) is 7.58. The van der Waals surface area contributed by atoms with E-state index in [1.54, 1.807) is 6.20 Å². The molecule has 0 spiro atoms. The minimum Gasteiger partial charge on any atom is -0.352 e. The van der Waals surface area contributed by atoms with Crippen molar-refractivity contribution in [3.05, 3.63) is 52.8 Å². The Morgan fingerprint density at radius 2 is 2.00 bits per heavy atom. The maximum Gasteiger partial charge on any atom is 0.251 e. The Morgan fingerprint density at radius 1 is 1.20 bits per heavy atom. The standard InChI is InChI=1S/C16H21N3O/c1-12-5-6-15(11-13(12)2)16(20)17-8-4-10-19-14(3)7-9-18-19/h5-7,9,11H,4,8,10H2,1-3H3,(H,17,20). The van der Waals surface area contributed by atoms with Crippen molar-refractivity contribution >= 4 is 5.91 Å². The molecule has 1 amide bonds. The van der Waals surface area contributed by atoms with Crippen molar-refractivity contribution in [2.45, 2.75) is 33.7 Å². The summed E-state index contributed by atoms with van der Waals surface area (Å²) in [5.74, 6) is -0.00899. The molecule has 0 saturated heterocycles. The van der Waals surface area contributed by atoms with E-state index in [0.717, 1.165) is 29.8 Å². The molecule has 20 heavy (non-hydrogen) atoms. The molecule has 0 unspecified atom stereocenters. The van der Waals surface area contributed by atoms with E-state index in [2.05, 4.69) is 10.4 Å². The average Bonchev–Trinajstić information content (AvgIpc) is 2.83. The Balaban J connectivity index is 1.80. The topological polar surface area (TPSA) is 46.9 Å². The Kier molecular flexibility index (Phi) is 4.56. The highest BCUT2D eigenvalue weighted by atomic mass is 16.1. The normalized spacial score (nSPS) is 10.6. The van der Waals surface area contributed by atoms with E-state index in [9.17, 15) is 4.79 Å². The van der Waals surface area contributed by atoms with Gasteiger partial charge in [-0.25, -0.2) is 0 Å². The van der Waals surface area contributed by atoms with E-state index in [-0.39, 0.29) is 5.91 Å². The lowest BCUT2D eigenvalue weighted by molar-refractivity contribution is 0.0952. The number of carbonyl (C=O) groups excluding carboxylic acids is 1. The van der Waals surface area contributed by atoms with Gasteiger partial charge in [-0.2, -0.15) is 5.10 Å². The van der Waals surface area contributed by atoms with Crippen molar-refractivity contribution in [3.63, 3.8) is 0 Å². The summed E-state index contributed by atoms with van der Waals surface area (Å²) in [4.78, 5) is 12.0. The monoisotopic (exact) mass is 271 g/mol. The molecule has 106 valence electrons. The number of benzene rings is 1. The van der Waals surface area contributed by atoms with Crippen molar-refractivity contribution in [2.75, 3.05) is 6.54 Å². The van der Waals surface area contributed by atoms with Gasteiger partial charge in [-0.1, -0.05) is 6.07 Å². The highest BCUT2D eigenvalue weighted by Gasteiger charge is 2.06. The Hall–Kier alpha value is -2.10. The van der Waals surface area contributed by atoms with Crippen LogP contribution < -0.4 is 5.32 Å². The highest BCUT2D eigenvalue weighted by molar-refractivity contribution is 5.94. The molecular formula is C16H21N3O. The van der Waals surface area contributed by atoms with Crippen LogP contribution in [0.3, 0.4) is 0 Å². The molecule has 0 fully saturated rings. The van der Waals surface area contributed by atoms with Crippen LogP contribution in [0.2, 0.25) is 0 Å². The second kappa shape index (κ2) is 6.37. The van der Waals surface area contributed by atoms with Crippen LogP contribution in [0.4, 0.5) is 0 Å². The second-order valence-corrected chi connectivity index (χ2v) is 5.10. The fourth-order valence-electron chi connectivity index (χ4n) is 2.05. The van der Waals surface area contributed by atoms with E-state index in [0.29, 0.717) is 6.54 Å². The molecule has 0 atom stereocenters. The van der Waals surface area contributed by atoms with Crippen LogP contribution in [0.1, 0.15) is 33.6 Å². The second-order valence-electron chi connectivity index (χ2n) is 5.10. The molecule has 1 aromatic heterocycles. The number of nitrogens with one attached hydrogen (secondary N) is 1. The van der Waals surface area contributed by atoms with Gasteiger partial charge in [0.25, 0.3) is 5.91 Å². The number of hydrogen-bond acceptors (Lipinski definition) is 2. The van der Waals surface area contributed by atoms with Gasteiger partial charge in [-0.15, -0.1) is 0 Å². The first kappa shape index (κ1) is 14.3. The smallest absolute Gasteiger partial charge is 0.251 e. The van der Waals surface area contributed by atoms with Crippen LogP contribution >= 0.6 is 0 Å². The average molecular weight is 271 g/mol. The number of rotatable bonds is 5. The van der Waals surface area contributed by atoms with Crippen molar-refractivity contribution in [3.8, 4) is 0 Å². The highest BCUT2D eigenvalue weighted by Crippen LogP contribution is 2.09. The zero-order chi connectivity index (χ0) is 14.5. The molecule has 0 aliphatic carbocycles. The molecule has 0 aliphatic rings. The molecule has 4 nitrogen and oxygen atoms in total. The van der Waals surface area contributed by atoms with Gasteiger partial charge in [0.2, 0.25) is 0 Å². The number of amides is 1. The molecule has 0 aliphatic heterocycles. The van der Waals surface area contributed by atoms with Gasteiger partial charge in [0.1, 0.15) is 0 Å². The van der Waals surface area contributed by atoms with Gasteiger partial charge in [-0.05, 0) is 56.5 Å². The zero-order valence-electron chi connectivity index (χ0n) is 12.3. The fourth-order valence-corrected chi connectivity index (χ4v) is 2.05. The minimum atomic E-state index is -0.00899. The Bertz CT molecular complexity index is 602. The maximum absolute atomic E-state index is 12.0. The van der Waals surface area contributed by atoms with Gasteiger partial charge in [0, 0.05) is 30.5 Å². The summed E-state index contributed by atoms with van der Waals surface area (Å²) in [7, 11) is 0. The fraction of sp³-hybridized carbons (Fsp3) is 0.375. The number of nitrogens with zero attached hydrogens (tertiary/aromatic N) is 2. The van der Waals surface area contributed by atoms with Crippen molar-refractivity contribution < 1.29 is 4.79 Å². The molecule has 2 rings (SSSR count). The zero-order valence-corrected chi connectivity index (χ0v) is 12.3. The SMILES string of the molecule is Cc1ccc(C(=O)NCCCn2nccc2C)cc1C. The van der Waals surface area contributed by atoms with Gasteiger partial charge in [0.05, 0.1) is 0 Å². The van der Waals surface area contributed by atoms with E-state index < -0.39 is 0 Å². The summed E-state index contributed by atoms with van der Waals surface area (Å²) in [6.07, 6.45) is 2.67. The van der Waals surface area contributed by atoms with Crippen LogP contribution in [0.15, 0.2) is 30.5 Å². The number of aromatic nitrogens is 2. The first-order valence-corrected chi connectivity index (χ1v) is 6.92. The van der Waals surface area contributed by atoms with Crippen molar-refractivity contribution in [1.82, 2.24) is 15.1 Å². The Morgan fingerprint density at radius 3 is 2.65 bits per heavy atom. The third kappa shape index (κ3) is 3.47. The molecule has 2 aromatic rings. The van der Waals surface area contributed by atoms with Crippen LogP contribution in [0, 0.1) is 20.8 Å².